The van der Waals surface area contributed by atoms with Crippen LogP contribution in [0, 0.1) is 6.92 Å². The summed E-state index contributed by atoms with van der Waals surface area (Å²) < 4.78 is 30.5. The molecule has 3 aromatic rings. The summed E-state index contributed by atoms with van der Waals surface area (Å²) in [5.74, 6) is 0.421. The predicted molar refractivity (Wildman–Crippen MR) is 121 cm³/mol. The molecule has 0 radical (unpaired) electrons. The maximum absolute atomic E-state index is 12.8. The smallest absolute Gasteiger partial charge is 0.255 e. The number of amides is 1. The van der Waals surface area contributed by atoms with Crippen LogP contribution in [-0.4, -0.2) is 34.7 Å². The van der Waals surface area contributed by atoms with E-state index in [9.17, 15) is 13.2 Å². The molecular weight excluding hydrogens is 400 g/mol. The van der Waals surface area contributed by atoms with E-state index in [1.54, 1.807) is 31.4 Å². The summed E-state index contributed by atoms with van der Waals surface area (Å²) in [7, 11) is -0.447. The number of sulfonamides is 1. The van der Waals surface area contributed by atoms with Gasteiger partial charge in [-0.1, -0.05) is 35.9 Å². The number of hydrogen-bond acceptors (Lipinski definition) is 4. The molecule has 0 bridgehead atoms. The van der Waals surface area contributed by atoms with Crippen LogP contribution in [0.25, 0.3) is 11.1 Å². The summed E-state index contributed by atoms with van der Waals surface area (Å²) >= 11 is 0. The standard InChI is InChI=1S/C23H24N2O4S/c1-16-5-7-18(8-6-16)23(26)24-21-15-19(17-9-12-20(29-3)13-10-17)11-14-22(21)25(2)30(4,27)28/h5-15H,1-4H3,(H,24,26). The van der Waals surface area contributed by atoms with Crippen LogP contribution >= 0.6 is 0 Å². The Bertz CT molecular complexity index is 1150. The van der Waals surface area contributed by atoms with E-state index < -0.39 is 10.0 Å². The number of carbonyl (C=O) groups is 1. The van der Waals surface area contributed by atoms with Gasteiger partial charge in [-0.2, -0.15) is 0 Å². The number of hydrogen-bond donors (Lipinski definition) is 1. The fourth-order valence-corrected chi connectivity index (χ4v) is 3.47. The Hall–Kier alpha value is -3.32. The van der Waals surface area contributed by atoms with E-state index in [4.69, 9.17) is 4.74 Å². The van der Waals surface area contributed by atoms with Gasteiger partial charge in [0.2, 0.25) is 10.0 Å². The van der Waals surface area contributed by atoms with Gasteiger partial charge in [-0.15, -0.1) is 0 Å². The molecule has 0 aliphatic heterocycles. The van der Waals surface area contributed by atoms with E-state index in [1.165, 1.54) is 7.05 Å². The molecule has 0 heterocycles. The van der Waals surface area contributed by atoms with Gasteiger partial charge in [-0.3, -0.25) is 9.10 Å². The van der Waals surface area contributed by atoms with Gasteiger partial charge in [-0.05, 0) is 54.4 Å². The van der Waals surface area contributed by atoms with E-state index in [-0.39, 0.29) is 5.91 Å². The molecule has 0 spiro atoms. The Morgan fingerprint density at radius 3 is 2.10 bits per heavy atom. The number of aryl methyl sites for hydroxylation is 1. The number of carbonyl (C=O) groups excluding carboxylic acids is 1. The molecule has 3 rings (SSSR count). The summed E-state index contributed by atoms with van der Waals surface area (Å²) in [6.45, 7) is 1.94. The van der Waals surface area contributed by atoms with Gasteiger partial charge in [0, 0.05) is 12.6 Å². The van der Waals surface area contributed by atoms with Crippen LogP contribution in [0.2, 0.25) is 0 Å². The highest BCUT2D eigenvalue weighted by atomic mass is 32.2. The molecule has 30 heavy (non-hydrogen) atoms. The Labute approximate surface area is 177 Å². The van der Waals surface area contributed by atoms with Gasteiger partial charge in [0.25, 0.3) is 5.91 Å². The molecule has 0 aliphatic rings. The molecule has 156 valence electrons. The average Bonchev–Trinajstić information content (AvgIpc) is 2.73. The highest BCUT2D eigenvalue weighted by Gasteiger charge is 2.18. The SMILES string of the molecule is COc1ccc(-c2ccc(N(C)S(C)(=O)=O)c(NC(=O)c3ccc(C)cc3)c2)cc1. The minimum absolute atomic E-state index is 0.315. The second-order valence-electron chi connectivity index (χ2n) is 7.01. The number of nitrogens with one attached hydrogen (secondary N) is 1. The normalized spacial score (nSPS) is 11.1. The molecule has 1 N–H and O–H groups in total. The van der Waals surface area contributed by atoms with E-state index in [0.29, 0.717) is 16.9 Å². The van der Waals surface area contributed by atoms with Crippen molar-refractivity contribution in [3.8, 4) is 16.9 Å². The van der Waals surface area contributed by atoms with Crippen LogP contribution in [-0.2, 0) is 10.0 Å². The third-order valence-corrected chi connectivity index (χ3v) is 6.01. The van der Waals surface area contributed by atoms with Crippen molar-refractivity contribution in [3.63, 3.8) is 0 Å². The van der Waals surface area contributed by atoms with E-state index in [2.05, 4.69) is 5.32 Å². The van der Waals surface area contributed by atoms with Crippen molar-refractivity contribution >= 4 is 27.3 Å². The van der Waals surface area contributed by atoms with Crippen molar-refractivity contribution in [2.45, 2.75) is 6.92 Å². The molecule has 0 atom stereocenters. The van der Waals surface area contributed by atoms with Crippen LogP contribution in [0.5, 0.6) is 5.75 Å². The van der Waals surface area contributed by atoms with Gasteiger partial charge in [-0.25, -0.2) is 8.42 Å². The number of rotatable bonds is 6. The molecule has 0 unspecified atom stereocenters. The second-order valence-corrected chi connectivity index (χ2v) is 9.02. The van der Waals surface area contributed by atoms with E-state index in [1.807, 2.05) is 49.4 Å². The summed E-state index contributed by atoms with van der Waals surface area (Å²) in [4.78, 5) is 12.8. The topological polar surface area (TPSA) is 75.7 Å². The molecule has 6 nitrogen and oxygen atoms in total. The molecule has 0 aliphatic carbocycles. The summed E-state index contributed by atoms with van der Waals surface area (Å²) in [6, 6.07) is 19.9. The van der Waals surface area contributed by atoms with E-state index in [0.717, 1.165) is 33.0 Å². The van der Waals surface area contributed by atoms with Crippen LogP contribution in [0.15, 0.2) is 66.7 Å². The summed E-state index contributed by atoms with van der Waals surface area (Å²) in [5, 5.41) is 2.86. The van der Waals surface area contributed by atoms with Gasteiger partial charge < -0.3 is 10.1 Å². The maximum Gasteiger partial charge on any atom is 0.255 e. The van der Waals surface area contributed by atoms with Crippen LogP contribution in [0.1, 0.15) is 15.9 Å². The van der Waals surface area contributed by atoms with Crippen LogP contribution < -0.4 is 14.4 Å². The van der Waals surface area contributed by atoms with Crippen molar-refractivity contribution in [1.82, 2.24) is 0 Å². The van der Waals surface area contributed by atoms with Crippen molar-refractivity contribution < 1.29 is 17.9 Å². The number of benzene rings is 3. The average molecular weight is 425 g/mol. The molecule has 1 amide bonds. The highest BCUT2D eigenvalue weighted by Crippen LogP contribution is 2.33. The van der Waals surface area contributed by atoms with Crippen molar-refractivity contribution in [2.24, 2.45) is 0 Å². The Balaban J connectivity index is 2.03. The quantitative estimate of drug-likeness (QED) is 0.639. The van der Waals surface area contributed by atoms with Crippen molar-refractivity contribution in [3.05, 3.63) is 77.9 Å². The number of ether oxygens (including phenoxy) is 1. The lowest BCUT2D eigenvalue weighted by molar-refractivity contribution is 0.102. The number of nitrogens with zero attached hydrogens (tertiary/aromatic N) is 1. The van der Waals surface area contributed by atoms with Crippen LogP contribution in [0.3, 0.4) is 0 Å². The molecule has 7 heteroatoms. The highest BCUT2D eigenvalue weighted by molar-refractivity contribution is 7.92. The van der Waals surface area contributed by atoms with Crippen LogP contribution in [0.4, 0.5) is 11.4 Å². The molecular formula is C23H24N2O4S. The Morgan fingerprint density at radius 2 is 1.53 bits per heavy atom. The first-order valence-electron chi connectivity index (χ1n) is 9.29. The zero-order chi connectivity index (χ0) is 21.9. The predicted octanol–water partition coefficient (Wildman–Crippen LogP) is 4.32. The minimum atomic E-state index is -3.51. The maximum atomic E-state index is 12.8. The third-order valence-electron chi connectivity index (χ3n) is 4.82. The molecule has 0 saturated carbocycles. The molecule has 0 saturated heterocycles. The largest absolute Gasteiger partial charge is 0.497 e. The summed E-state index contributed by atoms with van der Waals surface area (Å²) in [5.41, 5.74) is 4.07. The van der Waals surface area contributed by atoms with E-state index >= 15 is 0 Å². The molecule has 3 aromatic carbocycles. The van der Waals surface area contributed by atoms with Gasteiger partial charge in [0.15, 0.2) is 0 Å². The molecule has 0 fully saturated rings. The first-order chi connectivity index (χ1) is 14.2. The lowest BCUT2D eigenvalue weighted by atomic mass is 10.0. The van der Waals surface area contributed by atoms with Crippen molar-refractivity contribution in [2.75, 3.05) is 30.0 Å². The van der Waals surface area contributed by atoms with Crippen molar-refractivity contribution in [1.29, 1.82) is 0 Å². The van der Waals surface area contributed by atoms with Gasteiger partial charge in [0.05, 0.1) is 24.7 Å². The van der Waals surface area contributed by atoms with Gasteiger partial charge >= 0.3 is 0 Å². The number of anilines is 2. The number of methoxy groups -OCH3 is 1. The first kappa shape index (κ1) is 21.4. The van der Waals surface area contributed by atoms with Gasteiger partial charge in [0.1, 0.15) is 5.75 Å². The zero-order valence-electron chi connectivity index (χ0n) is 17.3. The Kier molecular flexibility index (Phi) is 6.12. The lowest BCUT2D eigenvalue weighted by Crippen LogP contribution is -2.26. The second kappa shape index (κ2) is 8.59. The fourth-order valence-electron chi connectivity index (χ4n) is 2.95. The minimum Gasteiger partial charge on any atom is -0.497 e. The monoisotopic (exact) mass is 424 g/mol. The fraction of sp³-hybridized carbons (Fsp3) is 0.174. The lowest BCUT2D eigenvalue weighted by Gasteiger charge is -2.21. The third kappa shape index (κ3) is 4.80. The zero-order valence-corrected chi connectivity index (χ0v) is 18.2. The Morgan fingerprint density at radius 1 is 0.933 bits per heavy atom. The summed E-state index contributed by atoms with van der Waals surface area (Å²) in [6.07, 6.45) is 1.12. The molecule has 0 aromatic heterocycles. The first-order valence-corrected chi connectivity index (χ1v) is 11.1.